The number of ether oxygens (including phenoxy) is 2. The first-order chi connectivity index (χ1) is 16.2. The lowest BCUT2D eigenvalue weighted by molar-refractivity contribution is -0.274. The van der Waals surface area contributed by atoms with Crippen LogP contribution in [0.2, 0.25) is 0 Å². The maximum absolute atomic E-state index is 12.4. The van der Waals surface area contributed by atoms with Crippen LogP contribution in [0, 0.1) is 0 Å². The summed E-state index contributed by atoms with van der Waals surface area (Å²) < 4.78 is 45.5. The summed E-state index contributed by atoms with van der Waals surface area (Å²) in [6.45, 7) is 4.04. The van der Waals surface area contributed by atoms with Gasteiger partial charge in [0, 0.05) is 32.7 Å². The highest BCUT2D eigenvalue weighted by atomic mass is 19.4. The monoisotopic (exact) mass is 476 g/mol. The Hall–Kier alpha value is -3.44. The Balaban J connectivity index is 1.34. The van der Waals surface area contributed by atoms with Gasteiger partial charge in [0.1, 0.15) is 11.6 Å². The Morgan fingerprint density at radius 2 is 1.68 bits per heavy atom. The van der Waals surface area contributed by atoms with Gasteiger partial charge in [0.25, 0.3) is 5.56 Å². The number of benzene rings is 2. The first-order valence-corrected chi connectivity index (χ1v) is 10.6. The molecule has 0 unspecified atom stereocenters. The maximum atomic E-state index is 12.4. The number of aromatic amines is 1. The van der Waals surface area contributed by atoms with E-state index in [1.165, 1.54) is 25.3 Å². The van der Waals surface area contributed by atoms with Gasteiger partial charge in [-0.25, -0.2) is 9.78 Å². The van der Waals surface area contributed by atoms with Crippen molar-refractivity contribution in [2.24, 2.45) is 0 Å². The van der Waals surface area contributed by atoms with E-state index in [0.29, 0.717) is 35.4 Å². The predicted octanol–water partition coefficient (Wildman–Crippen LogP) is 2.93. The van der Waals surface area contributed by atoms with E-state index in [1.54, 1.807) is 24.3 Å². The number of hydrogen-bond donors (Lipinski definition) is 1. The second-order valence-corrected chi connectivity index (χ2v) is 7.98. The lowest BCUT2D eigenvalue weighted by Gasteiger charge is -2.34. The molecule has 8 nitrogen and oxygen atoms in total. The largest absolute Gasteiger partial charge is 0.573 e. The highest BCUT2D eigenvalue weighted by molar-refractivity contribution is 5.93. The van der Waals surface area contributed by atoms with Crippen molar-refractivity contribution in [2.75, 3.05) is 33.3 Å². The number of piperazine rings is 1. The van der Waals surface area contributed by atoms with Crippen molar-refractivity contribution in [2.45, 2.75) is 19.5 Å². The topological polar surface area (TPSA) is 87.8 Å². The fourth-order valence-electron chi connectivity index (χ4n) is 3.88. The van der Waals surface area contributed by atoms with Crippen molar-refractivity contribution in [3.8, 4) is 5.75 Å². The van der Waals surface area contributed by atoms with Crippen LogP contribution in [0.5, 0.6) is 5.75 Å². The molecule has 1 saturated heterocycles. The second-order valence-electron chi connectivity index (χ2n) is 7.98. The van der Waals surface area contributed by atoms with Crippen molar-refractivity contribution in [1.29, 1.82) is 0 Å². The summed E-state index contributed by atoms with van der Waals surface area (Å²) in [5.41, 5.74) is 1.38. The molecule has 0 saturated carbocycles. The fraction of sp³-hybridized carbons (Fsp3) is 0.348. The van der Waals surface area contributed by atoms with Crippen molar-refractivity contribution < 1.29 is 27.4 Å². The Morgan fingerprint density at radius 3 is 2.29 bits per heavy atom. The molecule has 3 aromatic rings. The summed E-state index contributed by atoms with van der Waals surface area (Å²) in [5.74, 6) is -0.228. The molecule has 0 radical (unpaired) electrons. The van der Waals surface area contributed by atoms with E-state index in [0.717, 1.165) is 31.7 Å². The molecule has 0 aliphatic carbocycles. The molecule has 180 valence electrons. The van der Waals surface area contributed by atoms with Gasteiger partial charge in [-0.05, 0) is 35.9 Å². The average molecular weight is 476 g/mol. The summed E-state index contributed by atoms with van der Waals surface area (Å²) in [4.78, 5) is 35.9. The van der Waals surface area contributed by atoms with Crippen molar-refractivity contribution in [1.82, 2.24) is 19.8 Å². The number of carbonyl (C=O) groups is 1. The normalized spacial score (nSPS) is 15.4. The van der Waals surface area contributed by atoms with Gasteiger partial charge in [-0.15, -0.1) is 13.2 Å². The maximum Gasteiger partial charge on any atom is 0.573 e. The number of fused-ring (bicyclic) bond motifs is 1. The van der Waals surface area contributed by atoms with Gasteiger partial charge < -0.3 is 14.5 Å². The van der Waals surface area contributed by atoms with Gasteiger partial charge in [-0.2, -0.15) is 0 Å². The van der Waals surface area contributed by atoms with E-state index in [2.05, 4.69) is 24.5 Å². The third kappa shape index (κ3) is 5.91. The molecular weight excluding hydrogens is 453 g/mol. The SMILES string of the molecule is COC(=O)c1ccc2c(=O)[nH]c(CN3CCN(Cc4ccc(OC(F)(F)F)cc4)CC3)nc2c1. The molecule has 1 aliphatic heterocycles. The summed E-state index contributed by atoms with van der Waals surface area (Å²) in [5, 5.41) is 0.396. The van der Waals surface area contributed by atoms with Gasteiger partial charge >= 0.3 is 12.3 Å². The number of rotatable bonds is 6. The highest BCUT2D eigenvalue weighted by Gasteiger charge is 2.31. The van der Waals surface area contributed by atoms with Gasteiger partial charge in [-0.3, -0.25) is 14.6 Å². The molecule has 2 heterocycles. The first kappa shape index (κ1) is 23.7. The summed E-state index contributed by atoms with van der Waals surface area (Å²) in [6, 6.07) is 10.5. The second kappa shape index (κ2) is 9.82. The van der Waals surface area contributed by atoms with Crippen LogP contribution in [0.15, 0.2) is 47.3 Å². The Morgan fingerprint density at radius 1 is 1.03 bits per heavy atom. The van der Waals surface area contributed by atoms with Crippen molar-refractivity contribution >= 4 is 16.9 Å². The molecule has 0 bridgehead atoms. The summed E-state index contributed by atoms with van der Waals surface area (Å²) in [7, 11) is 1.29. The Bertz CT molecular complexity index is 1220. The van der Waals surface area contributed by atoms with Gasteiger partial charge in [0.15, 0.2) is 0 Å². The molecule has 4 rings (SSSR count). The molecule has 1 aliphatic rings. The van der Waals surface area contributed by atoms with E-state index in [9.17, 15) is 22.8 Å². The van der Waals surface area contributed by atoms with E-state index in [4.69, 9.17) is 4.74 Å². The minimum atomic E-state index is -4.70. The van der Waals surface area contributed by atoms with Gasteiger partial charge in [0.2, 0.25) is 0 Å². The van der Waals surface area contributed by atoms with E-state index >= 15 is 0 Å². The third-order valence-electron chi connectivity index (χ3n) is 5.58. The molecule has 0 spiro atoms. The lowest BCUT2D eigenvalue weighted by atomic mass is 10.1. The van der Waals surface area contributed by atoms with E-state index < -0.39 is 12.3 Å². The van der Waals surface area contributed by atoms with Crippen LogP contribution in [0.4, 0.5) is 13.2 Å². The smallest absolute Gasteiger partial charge is 0.465 e. The van der Waals surface area contributed by atoms with Crippen LogP contribution in [0.3, 0.4) is 0 Å². The standard InChI is InChI=1S/C23H23F3N4O4/c1-33-22(32)16-4-7-18-19(12-16)27-20(28-21(18)31)14-30-10-8-29(9-11-30)13-15-2-5-17(6-3-15)34-23(24,25)26/h2-7,12H,8-11,13-14H2,1H3,(H,27,28,31). The average Bonchev–Trinajstić information content (AvgIpc) is 2.80. The van der Waals surface area contributed by atoms with Crippen LogP contribution in [0.1, 0.15) is 21.7 Å². The molecule has 1 N–H and O–H groups in total. The zero-order chi connectivity index (χ0) is 24.3. The zero-order valence-electron chi connectivity index (χ0n) is 18.4. The minimum absolute atomic E-state index is 0.239. The molecule has 0 amide bonds. The number of nitrogens with one attached hydrogen (secondary N) is 1. The van der Waals surface area contributed by atoms with E-state index in [-0.39, 0.29) is 11.3 Å². The number of alkyl halides is 3. The number of H-pyrrole nitrogens is 1. The molecular formula is C23H23F3N4O4. The van der Waals surface area contributed by atoms with Crippen LogP contribution >= 0.6 is 0 Å². The molecule has 1 aromatic heterocycles. The minimum Gasteiger partial charge on any atom is -0.465 e. The number of nitrogens with zero attached hydrogens (tertiary/aromatic N) is 3. The van der Waals surface area contributed by atoms with Gasteiger partial charge in [-0.1, -0.05) is 12.1 Å². The number of esters is 1. The van der Waals surface area contributed by atoms with Crippen molar-refractivity contribution in [3.63, 3.8) is 0 Å². The van der Waals surface area contributed by atoms with Crippen molar-refractivity contribution in [3.05, 3.63) is 69.8 Å². The number of carbonyl (C=O) groups excluding carboxylic acids is 1. The lowest BCUT2D eigenvalue weighted by Crippen LogP contribution is -2.45. The predicted molar refractivity (Wildman–Crippen MR) is 117 cm³/mol. The summed E-state index contributed by atoms with van der Waals surface area (Å²) in [6.07, 6.45) is -4.70. The molecule has 34 heavy (non-hydrogen) atoms. The third-order valence-corrected chi connectivity index (χ3v) is 5.58. The number of halogens is 3. The Kier molecular flexibility index (Phi) is 6.85. The van der Waals surface area contributed by atoms with E-state index in [1.807, 2.05) is 0 Å². The van der Waals surface area contributed by atoms with Crippen LogP contribution in [0.25, 0.3) is 10.9 Å². The molecule has 11 heteroatoms. The Labute approximate surface area is 192 Å². The quantitative estimate of drug-likeness (QED) is 0.548. The molecule has 0 atom stereocenters. The highest BCUT2D eigenvalue weighted by Crippen LogP contribution is 2.23. The number of hydrogen-bond acceptors (Lipinski definition) is 7. The number of methoxy groups -OCH3 is 1. The fourth-order valence-corrected chi connectivity index (χ4v) is 3.88. The molecule has 1 fully saturated rings. The van der Waals surface area contributed by atoms with Crippen LogP contribution in [-0.2, 0) is 17.8 Å². The van der Waals surface area contributed by atoms with Gasteiger partial charge in [0.05, 0.1) is 30.1 Å². The number of aromatic nitrogens is 2. The zero-order valence-corrected chi connectivity index (χ0v) is 18.4. The molecule has 2 aromatic carbocycles. The van der Waals surface area contributed by atoms with Crippen LogP contribution in [-0.4, -0.2) is 65.4 Å². The summed E-state index contributed by atoms with van der Waals surface area (Å²) >= 11 is 0. The first-order valence-electron chi connectivity index (χ1n) is 10.6. The van der Waals surface area contributed by atoms with Crippen LogP contribution < -0.4 is 10.3 Å².